The molecule has 0 spiro atoms. The van der Waals surface area contributed by atoms with Crippen LogP contribution in [0.25, 0.3) is 0 Å². The van der Waals surface area contributed by atoms with Crippen molar-refractivity contribution < 1.29 is 9.53 Å². The summed E-state index contributed by atoms with van der Waals surface area (Å²) in [5.41, 5.74) is 1.37. The number of ether oxygens (including phenoxy) is 1. The summed E-state index contributed by atoms with van der Waals surface area (Å²) < 4.78 is 5.51. The molecular formula is C18H24N4O2S. The predicted molar refractivity (Wildman–Crippen MR) is 102 cm³/mol. The van der Waals surface area contributed by atoms with E-state index in [1.165, 1.54) is 11.3 Å². The predicted octanol–water partition coefficient (Wildman–Crippen LogP) is 2.93. The van der Waals surface area contributed by atoms with E-state index in [-0.39, 0.29) is 11.4 Å². The Hall–Kier alpha value is -2.28. The van der Waals surface area contributed by atoms with E-state index in [9.17, 15) is 4.79 Å². The fraction of sp³-hybridized carbons (Fsp3) is 0.444. The lowest BCUT2D eigenvalue weighted by atomic mass is 9.97. The second-order valence-electron chi connectivity index (χ2n) is 6.65. The Morgan fingerprint density at radius 1 is 1.32 bits per heavy atom. The largest absolute Gasteiger partial charge is 0.495 e. The molecule has 0 atom stereocenters. The molecule has 1 aliphatic rings. The second-order valence-corrected chi connectivity index (χ2v) is 7.51. The summed E-state index contributed by atoms with van der Waals surface area (Å²) in [5.74, 6) is 0.846. The van der Waals surface area contributed by atoms with Gasteiger partial charge in [-0.2, -0.15) is 0 Å². The molecule has 1 aliphatic heterocycles. The number of nitrogens with one attached hydrogen (secondary N) is 1. The van der Waals surface area contributed by atoms with E-state index in [1.807, 2.05) is 35.5 Å². The number of amides is 1. The van der Waals surface area contributed by atoms with Gasteiger partial charge in [0.15, 0.2) is 5.13 Å². The number of anilines is 2. The van der Waals surface area contributed by atoms with E-state index in [1.54, 1.807) is 7.11 Å². The first-order valence-corrected chi connectivity index (χ1v) is 9.17. The van der Waals surface area contributed by atoms with Gasteiger partial charge < -0.3 is 19.9 Å². The summed E-state index contributed by atoms with van der Waals surface area (Å²) in [6, 6.07) is 8.02. The van der Waals surface area contributed by atoms with Crippen LogP contribution in [0, 0.1) is 0 Å². The van der Waals surface area contributed by atoms with Crippen LogP contribution in [0.2, 0.25) is 0 Å². The Bertz CT molecular complexity index is 759. The van der Waals surface area contributed by atoms with Crippen LogP contribution in [0.4, 0.5) is 10.8 Å². The third-order valence-electron chi connectivity index (χ3n) is 4.50. The van der Waals surface area contributed by atoms with Gasteiger partial charge in [0.25, 0.3) is 5.91 Å². The molecule has 1 aromatic heterocycles. The number of hydrogen-bond donors (Lipinski definition) is 1. The molecule has 0 radical (unpaired) electrons. The first-order valence-electron chi connectivity index (χ1n) is 8.29. The molecule has 1 saturated heterocycles. The highest BCUT2D eigenvalue weighted by Gasteiger charge is 2.37. The molecular weight excluding hydrogens is 336 g/mol. The normalized spacial score (nSPS) is 16.6. The summed E-state index contributed by atoms with van der Waals surface area (Å²) in [4.78, 5) is 21.3. The molecule has 25 heavy (non-hydrogen) atoms. The lowest BCUT2D eigenvalue weighted by Gasteiger charge is -2.48. The van der Waals surface area contributed by atoms with Gasteiger partial charge in [-0.05, 0) is 26.0 Å². The summed E-state index contributed by atoms with van der Waals surface area (Å²) in [7, 11) is 3.50. The molecule has 134 valence electrons. The number of para-hydroxylation sites is 2. The van der Waals surface area contributed by atoms with Gasteiger partial charge in [0.1, 0.15) is 11.4 Å². The zero-order valence-corrected chi connectivity index (χ0v) is 15.9. The molecule has 2 heterocycles. The molecule has 1 fully saturated rings. The molecule has 3 rings (SSSR count). The van der Waals surface area contributed by atoms with Crippen LogP contribution in [-0.2, 0) is 0 Å². The molecule has 0 aliphatic carbocycles. The second kappa shape index (κ2) is 6.92. The molecule has 6 nitrogen and oxygen atoms in total. The fourth-order valence-electron chi connectivity index (χ4n) is 3.28. The maximum absolute atomic E-state index is 12.8. The van der Waals surface area contributed by atoms with Crippen molar-refractivity contribution in [2.45, 2.75) is 19.4 Å². The Balaban J connectivity index is 1.79. The van der Waals surface area contributed by atoms with Crippen LogP contribution < -0.4 is 15.0 Å². The molecule has 1 N–H and O–H groups in total. The maximum Gasteiger partial charge on any atom is 0.273 e. The van der Waals surface area contributed by atoms with Crippen molar-refractivity contribution in [2.75, 3.05) is 44.0 Å². The Morgan fingerprint density at radius 2 is 2.08 bits per heavy atom. The minimum Gasteiger partial charge on any atom is -0.495 e. The third-order valence-corrected chi connectivity index (χ3v) is 5.36. The standard InChI is InChI=1S/C18H24N4O2S/c1-18(2)12-21(16(23)13-11-25-17(19-3)20-13)9-10-22(18)14-7-5-6-8-15(14)24-4/h5-8,11H,9-10,12H2,1-4H3,(H,19,20). The molecule has 1 amide bonds. The Kier molecular flexibility index (Phi) is 4.85. The van der Waals surface area contributed by atoms with Crippen molar-refractivity contribution in [1.82, 2.24) is 9.88 Å². The van der Waals surface area contributed by atoms with Crippen LogP contribution in [0.5, 0.6) is 5.75 Å². The zero-order valence-electron chi connectivity index (χ0n) is 15.1. The van der Waals surface area contributed by atoms with Crippen molar-refractivity contribution in [1.29, 1.82) is 0 Å². The van der Waals surface area contributed by atoms with Crippen molar-refractivity contribution in [2.24, 2.45) is 0 Å². The average Bonchev–Trinajstić information content (AvgIpc) is 3.09. The number of aromatic nitrogens is 1. The van der Waals surface area contributed by atoms with Crippen LogP contribution in [0.3, 0.4) is 0 Å². The minimum atomic E-state index is -0.204. The third kappa shape index (κ3) is 3.42. The van der Waals surface area contributed by atoms with Gasteiger partial charge in [-0.1, -0.05) is 12.1 Å². The number of rotatable bonds is 4. The SMILES string of the molecule is CNc1nc(C(=O)N2CCN(c3ccccc3OC)C(C)(C)C2)cs1. The van der Waals surface area contributed by atoms with Crippen molar-refractivity contribution in [3.63, 3.8) is 0 Å². The molecule has 0 bridgehead atoms. The zero-order chi connectivity index (χ0) is 18.0. The molecule has 1 aromatic carbocycles. The van der Waals surface area contributed by atoms with Crippen LogP contribution in [0.1, 0.15) is 24.3 Å². The molecule has 0 saturated carbocycles. The fourth-order valence-corrected chi connectivity index (χ4v) is 3.92. The van der Waals surface area contributed by atoms with E-state index < -0.39 is 0 Å². The maximum atomic E-state index is 12.8. The average molecular weight is 360 g/mol. The quantitative estimate of drug-likeness (QED) is 0.908. The number of piperazine rings is 1. The van der Waals surface area contributed by atoms with E-state index in [4.69, 9.17) is 4.74 Å². The first kappa shape index (κ1) is 17.5. The number of nitrogens with zero attached hydrogens (tertiary/aromatic N) is 3. The summed E-state index contributed by atoms with van der Waals surface area (Å²) in [5, 5.41) is 5.55. The van der Waals surface area contributed by atoms with E-state index in [0.29, 0.717) is 18.8 Å². The lowest BCUT2D eigenvalue weighted by molar-refractivity contribution is 0.0681. The van der Waals surface area contributed by atoms with Crippen LogP contribution >= 0.6 is 11.3 Å². The monoisotopic (exact) mass is 360 g/mol. The molecule has 2 aromatic rings. The number of thiazole rings is 1. The Morgan fingerprint density at radius 3 is 2.72 bits per heavy atom. The van der Waals surface area contributed by atoms with Gasteiger partial charge >= 0.3 is 0 Å². The van der Waals surface area contributed by atoms with Crippen molar-refractivity contribution in [3.8, 4) is 5.75 Å². The highest BCUT2D eigenvalue weighted by molar-refractivity contribution is 7.13. The van der Waals surface area contributed by atoms with Crippen LogP contribution in [-0.4, -0.2) is 55.1 Å². The van der Waals surface area contributed by atoms with E-state index in [2.05, 4.69) is 35.1 Å². The number of hydrogen-bond acceptors (Lipinski definition) is 6. The van der Waals surface area contributed by atoms with Gasteiger partial charge in [0, 0.05) is 32.1 Å². The molecule has 7 heteroatoms. The number of methoxy groups -OCH3 is 1. The number of carbonyl (C=O) groups is 1. The molecule has 0 unspecified atom stereocenters. The number of carbonyl (C=O) groups excluding carboxylic acids is 1. The summed E-state index contributed by atoms with van der Waals surface area (Å²) >= 11 is 1.45. The minimum absolute atomic E-state index is 0.00879. The van der Waals surface area contributed by atoms with Gasteiger partial charge in [0.2, 0.25) is 0 Å². The van der Waals surface area contributed by atoms with Gasteiger partial charge in [0.05, 0.1) is 18.3 Å². The van der Waals surface area contributed by atoms with E-state index >= 15 is 0 Å². The van der Waals surface area contributed by atoms with E-state index in [0.717, 1.165) is 23.1 Å². The summed E-state index contributed by atoms with van der Waals surface area (Å²) in [6.07, 6.45) is 0. The van der Waals surface area contributed by atoms with Crippen molar-refractivity contribution >= 4 is 28.1 Å². The van der Waals surface area contributed by atoms with Gasteiger partial charge in [-0.3, -0.25) is 4.79 Å². The highest BCUT2D eigenvalue weighted by atomic mass is 32.1. The topological polar surface area (TPSA) is 57.7 Å². The van der Waals surface area contributed by atoms with Gasteiger partial charge in [-0.25, -0.2) is 4.98 Å². The van der Waals surface area contributed by atoms with Crippen LogP contribution in [0.15, 0.2) is 29.6 Å². The Labute approximate surface area is 152 Å². The lowest BCUT2D eigenvalue weighted by Crippen LogP contribution is -2.60. The van der Waals surface area contributed by atoms with Gasteiger partial charge in [-0.15, -0.1) is 11.3 Å². The highest BCUT2D eigenvalue weighted by Crippen LogP contribution is 2.35. The first-order chi connectivity index (χ1) is 12.0. The smallest absolute Gasteiger partial charge is 0.273 e. The number of benzene rings is 1. The summed E-state index contributed by atoms with van der Waals surface area (Å²) in [6.45, 7) is 6.35. The van der Waals surface area contributed by atoms with Crippen molar-refractivity contribution in [3.05, 3.63) is 35.3 Å².